The van der Waals surface area contributed by atoms with Crippen LogP contribution in [0.1, 0.15) is 35.9 Å². The Morgan fingerprint density at radius 1 is 1.23 bits per heavy atom. The molecule has 0 aliphatic rings. The van der Waals surface area contributed by atoms with Crippen molar-refractivity contribution in [2.45, 2.75) is 24.7 Å². The summed E-state index contributed by atoms with van der Waals surface area (Å²) in [5.74, 6) is -0.156. The summed E-state index contributed by atoms with van der Waals surface area (Å²) < 4.78 is 28.9. The summed E-state index contributed by atoms with van der Waals surface area (Å²) in [6.45, 7) is 3.82. The van der Waals surface area contributed by atoms with Crippen LogP contribution in [0, 0.1) is 0 Å². The molecule has 0 saturated carbocycles. The molecule has 8 nitrogen and oxygen atoms in total. The van der Waals surface area contributed by atoms with Crippen molar-refractivity contribution < 1.29 is 13.2 Å². The van der Waals surface area contributed by atoms with Gasteiger partial charge in [-0.3, -0.25) is 9.59 Å². The maximum absolute atomic E-state index is 12.5. The van der Waals surface area contributed by atoms with E-state index < -0.39 is 15.9 Å². The van der Waals surface area contributed by atoms with E-state index in [0.29, 0.717) is 16.0 Å². The van der Waals surface area contributed by atoms with Crippen LogP contribution >= 0.6 is 11.3 Å². The van der Waals surface area contributed by atoms with Gasteiger partial charge in [-0.05, 0) is 18.2 Å². The van der Waals surface area contributed by atoms with Gasteiger partial charge in [-0.15, -0.1) is 0 Å². The number of amides is 1. The van der Waals surface area contributed by atoms with Gasteiger partial charge in [-0.2, -0.15) is 0 Å². The fourth-order valence-electron chi connectivity index (χ4n) is 2.27. The molecule has 1 aromatic carbocycles. The van der Waals surface area contributed by atoms with E-state index in [2.05, 4.69) is 9.97 Å². The Labute approximate surface area is 153 Å². The van der Waals surface area contributed by atoms with Crippen LogP contribution in [0.4, 0.5) is 0 Å². The second-order valence-electron chi connectivity index (χ2n) is 5.98. The average Bonchev–Trinajstić information content (AvgIpc) is 2.88. The van der Waals surface area contributed by atoms with Gasteiger partial charge in [0, 0.05) is 25.4 Å². The van der Waals surface area contributed by atoms with Crippen molar-refractivity contribution in [2.75, 3.05) is 0 Å². The van der Waals surface area contributed by atoms with Gasteiger partial charge < -0.3 is 4.57 Å². The quantitative estimate of drug-likeness (QED) is 0.722. The highest BCUT2D eigenvalue weighted by atomic mass is 32.2. The number of hydrogen-bond donors (Lipinski definition) is 1. The normalized spacial score (nSPS) is 11.8. The largest absolute Gasteiger partial charge is 0.307 e. The molecule has 0 unspecified atom stereocenters. The summed E-state index contributed by atoms with van der Waals surface area (Å²) in [5.41, 5.74) is 0.673. The number of sulfonamides is 1. The molecule has 3 aromatic rings. The third-order valence-electron chi connectivity index (χ3n) is 3.75. The summed E-state index contributed by atoms with van der Waals surface area (Å²) in [6.07, 6.45) is 2.58. The van der Waals surface area contributed by atoms with E-state index >= 15 is 0 Å². The Hall–Kier alpha value is -2.59. The van der Waals surface area contributed by atoms with E-state index in [1.807, 2.05) is 18.6 Å². The Balaban J connectivity index is 1.88. The zero-order valence-electron chi connectivity index (χ0n) is 14.3. The van der Waals surface area contributed by atoms with Gasteiger partial charge in [0.15, 0.2) is 0 Å². The summed E-state index contributed by atoms with van der Waals surface area (Å²) >= 11 is 0.939. The number of hydrogen-bond acceptors (Lipinski definition) is 7. The number of fused-ring (bicyclic) bond motifs is 1. The Morgan fingerprint density at radius 2 is 1.88 bits per heavy atom. The molecule has 1 amide bonds. The standard InChI is InChI=1S/C16H16N4O4S2/c1-9(2)14-17-7-10(8-18-14)15(21)19-26(23,24)11-4-5-12-13(6-11)25-16(22)20(12)3/h4-9H,1-3H3,(H,19,21). The van der Waals surface area contributed by atoms with Gasteiger partial charge in [0.1, 0.15) is 5.82 Å². The van der Waals surface area contributed by atoms with Crippen LogP contribution in [-0.2, 0) is 17.1 Å². The predicted molar refractivity (Wildman–Crippen MR) is 97.8 cm³/mol. The maximum Gasteiger partial charge on any atom is 0.307 e. The highest BCUT2D eigenvalue weighted by molar-refractivity contribution is 7.90. The number of carbonyl (C=O) groups is 1. The summed E-state index contributed by atoms with van der Waals surface area (Å²) in [7, 11) is -2.48. The van der Waals surface area contributed by atoms with Crippen LogP contribution < -0.4 is 9.60 Å². The number of thiazole rings is 1. The van der Waals surface area contributed by atoms with Crippen molar-refractivity contribution in [3.05, 3.63) is 51.6 Å². The Kier molecular flexibility index (Phi) is 4.63. The molecule has 0 bridgehead atoms. The lowest BCUT2D eigenvalue weighted by molar-refractivity contribution is 0.0980. The number of aromatic nitrogens is 3. The smallest absolute Gasteiger partial charge is 0.302 e. The van der Waals surface area contributed by atoms with Gasteiger partial charge in [0.05, 0.1) is 20.7 Å². The highest BCUT2D eigenvalue weighted by Gasteiger charge is 2.20. The van der Waals surface area contributed by atoms with E-state index in [0.717, 1.165) is 11.3 Å². The van der Waals surface area contributed by atoms with Gasteiger partial charge in [0.2, 0.25) is 0 Å². The Morgan fingerprint density at radius 3 is 2.50 bits per heavy atom. The maximum atomic E-state index is 12.5. The molecular weight excluding hydrogens is 376 g/mol. The zero-order valence-corrected chi connectivity index (χ0v) is 15.9. The number of aryl methyl sites for hydroxylation is 1. The number of rotatable bonds is 4. The third kappa shape index (κ3) is 3.37. The minimum atomic E-state index is -4.09. The van der Waals surface area contributed by atoms with Crippen molar-refractivity contribution in [3.63, 3.8) is 0 Å². The first-order valence-electron chi connectivity index (χ1n) is 7.67. The van der Waals surface area contributed by atoms with Crippen molar-refractivity contribution in [3.8, 4) is 0 Å². The van der Waals surface area contributed by atoms with Crippen LogP contribution in [-0.4, -0.2) is 28.9 Å². The van der Waals surface area contributed by atoms with Gasteiger partial charge in [-0.1, -0.05) is 25.2 Å². The van der Waals surface area contributed by atoms with Crippen LogP contribution in [0.15, 0.2) is 40.3 Å². The van der Waals surface area contributed by atoms with E-state index in [9.17, 15) is 18.0 Å². The molecule has 0 saturated heterocycles. The molecular formula is C16H16N4O4S2. The van der Waals surface area contributed by atoms with Crippen molar-refractivity contribution in [2.24, 2.45) is 7.05 Å². The minimum absolute atomic E-state index is 0.0448. The van der Waals surface area contributed by atoms with Crippen LogP contribution in [0.2, 0.25) is 0 Å². The molecule has 0 aliphatic carbocycles. The summed E-state index contributed by atoms with van der Waals surface area (Å²) in [6, 6.07) is 4.25. The Bertz CT molecular complexity index is 1150. The number of nitrogens with one attached hydrogen (secondary N) is 1. The second-order valence-corrected chi connectivity index (χ2v) is 8.65. The number of benzene rings is 1. The predicted octanol–water partition coefficient (Wildman–Crippen LogP) is 1.63. The van der Waals surface area contributed by atoms with E-state index in [4.69, 9.17) is 0 Å². The first kappa shape index (κ1) is 18.2. The van der Waals surface area contributed by atoms with Crippen molar-refractivity contribution >= 4 is 37.5 Å². The van der Waals surface area contributed by atoms with Gasteiger partial charge >= 0.3 is 4.87 Å². The van der Waals surface area contributed by atoms with Crippen LogP contribution in [0.5, 0.6) is 0 Å². The molecule has 136 valence electrons. The molecule has 0 aliphatic heterocycles. The first-order chi connectivity index (χ1) is 12.2. The van der Waals surface area contributed by atoms with Crippen LogP contribution in [0.25, 0.3) is 10.2 Å². The molecule has 1 N–H and O–H groups in total. The molecule has 0 atom stereocenters. The highest BCUT2D eigenvalue weighted by Crippen LogP contribution is 2.21. The summed E-state index contributed by atoms with van der Waals surface area (Å²) in [5, 5.41) is 0. The monoisotopic (exact) mass is 392 g/mol. The second kappa shape index (κ2) is 6.61. The fourth-order valence-corrected chi connectivity index (χ4v) is 4.27. The van der Waals surface area contributed by atoms with Crippen molar-refractivity contribution in [1.29, 1.82) is 0 Å². The van der Waals surface area contributed by atoms with E-state index in [-0.39, 0.29) is 21.2 Å². The van der Waals surface area contributed by atoms with Gasteiger partial charge in [-0.25, -0.2) is 23.1 Å². The number of carbonyl (C=O) groups excluding carboxylic acids is 1. The zero-order chi connectivity index (χ0) is 19.1. The minimum Gasteiger partial charge on any atom is -0.302 e. The lowest BCUT2D eigenvalue weighted by atomic mass is 10.2. The van der Waals surface area contributed by atoms with Crippen LogP contribution in [0.3, 0.4) is 0 Å². The molecule has 0 fully saturated rings. The third-order valence-corrected chi connectivity index (χ3v) is 6.08. The summed E-state index contributed by atoms with van der Waals surface area (Å²) in [4.78, 5) is 31.7. The molecule has 0 radical (unpaired) electrons. The SMILES string of the molecule is CC(C)c1ncc(C(=O)NS(=O)(=O)c2ccc3c(c2)sc(=O)n3C)cn1. The molecule has 3 rings (SSSR count). The van der Waals surface area contributed by atoms with Gasteiger partial charge in [0.25, 0.3) is 15.9 Å². The molecule has 0 spiro atoms. The van der Waals surface area contributed by atoms with E-state index in [1.54, 1.807) is 7.05 Å². The molecule has 10 heteroatoms. The molecule has 2 aromatic heterocycles. The average molecular weight is 392 g/mol. The first-order valence-corrected chi connectivity index (χ1v) is 9.97. The number of nitrogens with zero attached hydrogens (tertiary/aromatic N) is 3. The van der Waals surface area contributed by atoms with E-state index in [1.165, 1.54) is 35.2 Å². The van der Waals surface area contributed by atoms with Crippen molar-refractivity contribution in [1.82, 2.24) is 19.3 Å². The fraction of sp³-hybridized carbons (Fsp3) is 0.250. The topological polar surface area (TPSA) is 111 Å². The lowest BCUT2D eigenvalue weighted by Crippen LogP contribution is -2.30. The molecule has 26 heavy (non-hydrogen) atoms. The molecule has 2 heterocycles. The lowest BCUT2D eigenvalue weighted by Gasteiger charge is -2.08.